The molecule has 0 N–H and O–H groups in total. The van der Waals surface area contributed by atoms with E-state index in [0.717, 1.165) is 5.92 Å². The van der Waals surface area contributed by atoms with E-state index in [4.69, 9.17) is 0 Å². The third-order valence-corrected chi connectivity index (χ3v) is 6.13. The van der Waals surface area contributed by atoms with Crippen LogP contribution in [0.2, 0.25) is 0 Å². The van der Waals surface area contributed by atoms with Gasteiger partial charge in [0.2, 0.25) is 0 Å². The molecule has 0 bridgehead atoms. The minimum Gasteiger partial charge on any atom is -0.366 e. The number of likely N-dealkylation sites (N-methyl/N-ethyl adjacent to an activating group) is 1. The highest BCUT2D eigenvalue weighted by molar-refractivity contribution is 5.46. The molecule has 1 saturated carbocycles. The summed E-state index contributed by atoms with van der Waals surface area (Å²) in [4.78, 5) is 2.69. The minimum absolute atomic E-state index is 0.913. The second kappa shape index (κ2) is 8.19. The molecule has 1 aromatic rings. The van der Waals surface area contributed by atoms with Crippen molar-refractivity contribution in [3.05, 3.63) is 30.3 Å². The van der Waals surface area contributed by atoms with Gasteiger partial charge in [-0.3, -0.25) is 0 Å². The number of hydrogen-bond donors (Lipinski definition) is 0. The van der Waals surface area contributed by atoms with Crippen molar-refractivity contribution in [1.82, 2.24) is 0 Å². The number of nitrogens with zero attached hydrogens (tertiary/aromatic N) is 2. The highest BCUT2D eigenvalue weighted by Crippen LogP contribution is 2.27. The Labute approximate surface area is 143 Å². The van der Waals surface area contributed by atoms with Gasteiger partial charge in [0.15, 0.2) is 0 Å². The van der Waals surface area contributed by atoms with E-state index in [-0.39, 0.29) is 0 Å². The summed E-state index contributed by atoms with van der Waals surface area (Å²) in [6, 6.07) is 11.1. The average molecular weight is 316 g/mol. The molecule has 3 rings (SSSR count). The Morgan fingerprint density at radius 2 is 1.57 bits per heavy atom. The Balaban J connectivity index is 1.62. The third-order valence-electron chi connectivity index (χ3n) is 6.13. The van der Waals surface area contributed by atoms with Crippen LogP contribution >= 0.6 is 0 Å². The van der Waals surface area contributed by atoms with Crippen molar-refractivity contribution in [3.8, 4) is 0 Å². The molecule has 0 amide bonds. The van der Waals surface area contributed by atoms with Gasteiger partial charge < -0.3 is 9.38 Å². The molecule has 23 heavy (non-hydrogen) atoms. The van der Waals surface area contributed by atoms with E-state index in [1.807, 2.05) is 0 Å². The van der Waals surface area contributed by atoms with Crippen molar-refractivity contribution in [2.75, 3.05) is 44.7 Å². The van der Waals surface area contributed by atoms with E-state index < -0.39 is 0 Å². The van der Waals surface area contributed by atoms with Crippen LogP contribution in [-0.2, 0) is 0 Å². The first kappa shape index (κ1) is 16.8. The SMILES string of the molecule is C[N+]1(CCN(CC2CCCCC2)c2ccccc2)CCCCC1. The van der Waals surface area contributed by atoms with Gasteiger partial charge in [-0.2, -0.15) is 0 Å². The molecule has 1 aromatic carbocycles. The quantitative estimate of drug-likeness (QED) is 0.688. The van der Waals surface area contributed by atoms with Crippen LogP contribution in [-0.4, -0.2) is 44.3 Å². The molecule has 2 heteroatoms. The summed E-state index contributed by atoms with van der Waals surface area (Å²) in [6.45, 7) is 6.56. The smallest absolute Gasteiger partial charge is 0.0962 e. The first-order valence-electron chi connectivity index (χ1n) is 9.89. The normalized spacial score (nSPS) is 22.0. The predicted octanol–water partition coefficient (Wildman–Crippen LogP) is 4.70. The van der Waals surface area contributed by atoms with Crippen molar-refractivity contribution < 1.29 is 4.48 Å². The van der Waals surface area contributed by atoms with Crippen molar-refractivity contribution in [2.24, 2.45) is 5.92 Å². The van der Waals surface area contributed by atoms with E-state index in [2.05, 4.69) is 42.3 Å². The third kappa shape index (κ3) is 4.97. The van der Waals surface area contributed by atoms with Crippen LogP contribution in [0.5, 0.6) is 0 Å². The Kier molecular flexibility index (Phi) is 5.99. The Hall–Kier alpha value is -1.02. The fraction of sp³-hybridized carbons (Fsp3) is 0.714. The maximum absolute atomic E-state index is 2.69. The minimum atomic E-state index is 0.913. The van der Waals surface area contributed by atoms with E-state index >= 15 is 0 Å². The maximum atomic E-state index is 2.69. The van der Waals surface area contributed by atoms with Crippen LogP contribution in [0.25, 0.3) is 0 Å². The Morgan fingerprint density at radius 3 is 2.26 bits per heavy atom. The fourth-order valence-electron chi connectivity index (χ4n) is 4.51. The predicted molar refractivity (Wildman–Crippen MR) is 99.9 cm³/mol. The zero-order valence-corrected chi connectivity index (χ0v) is 15.1. The van der Waals surface area contributed by atoms with E-state index in [0.29, 0.717) is 0 Å². The van der Waals surface area contributed by atoms with Crippen LogP contribution in [0, 0.1) is 5.92 Å². The number of piperidine rings is 1. The van der Waals surface area contributed by atoms with Crippen LogP contribution < -0.4 is 4.90 Å². The second-order valence-electron chi connectivity index (χ2n) is 8.14. The zero-order valence-electron chi connectivity index (χ0n) is 15.1. The van der Waals surface area contributed by atoms with Crippen molar-refractivity contribution in [3.63, 3.8) is 0 Å². The number of anilines is 1. The molecular formula is C21H35N2+. The summed E-state index contributed by atoms with van der Waals surface area (Å²) >= 11 is 0. The van der Waals surface area contributed by atoms with Gasteiger partial charge in [-0.15, -0.1) is 0 Å². The van der Waals surface area contributed by atoms with Gasteiger partial charge in [-0.1, -0.05) is 37.5 Å². The Morgan fingerprint density at radius 1 is 0.913 bits per heavy atom. The average Bonchev–Trinajstić information content (AvgIpc) is 2.61. The molecule has 1 aliphatic heterocycles. The van der Waals surface area contributed by atoms with E-state index in [1.165, 1.54) is 94.3 Å². The summed E-state index contributed by atoms with van der Waals surface area (Å²) in [6.07, 6.45) is 11.5. The monoisotopic (exact) mass is 315 g/mol. The van der Waals surface area contributed by atoms with Gasteiger partial charge in [0, 0.05) is 12.2 Å². The van der Waals surface area contributed by atoms with Gasteiger partial charge in [0.25, 0.3) is 0 Å². The van der Waals surface area contributed by atoms with Gasteiger partial charge in [0.05, 0.1) is 33.2 Å². The standard InChI is InChI=1S/C21H35N2/c1-23(16-9-4-10-17-23)18-15-22(21-13-7-3-8-14-21)19-20-11-5-2-6-12-20/h3,7-8,13-14,20H,2,4-6,9-12,15-19H2,1H3/q+1. The molecule has 1 saturated heterocycles. The molecule has 1 heterocycles. The largest absolute Gasteiger partial charge is 0.366 e. The van der Waals surface area contributed by atoms with Gasteiger partial charge in [0.1, 0.15) is 0 Å². The van der Waals surface area contributed by atoms with Gasteiger partial charge in [-0.05, 0) is 50.2 Å². The van der Waals surface area contributed by atoms with Crippen LogP contribution in [0.3, 0.4) is 0 Å². The highest BCUT2D eigenvalue weighted by atomic mass is 15.3. The molecule has 0 unspecified atom stereocenters. The van der Waals surface area contributed by atoms with E-state index in [9.17, 15) is 0 Å². The maximum Gasteiger partial charge on any atom is 0.0962 e. The lowest BCUT2D eigenvalue weighted by molar-refractivity contribution is -0.912. The first-order valence-corrected chi connectivity index (χ1v) is 9.89. The summed E-state index contributed by atoms with van der Waals surface area (Å²) in [5, 5.41) is 0. The lowest BCUT2D eigenvalue weighted by Gasteiger charge is -2.40. The second-order valence-corrected chi connectivity index (χ2v) is 8.14. The molecule has 2 fully saturated rings. The molecule has 0 aromatic heterocycles. The summed E-state index contributed by atoms with van der Waals surface area (Å²) in [7, 11) is 2.48. The summed E-state index contributed by atoms with van der Waals surface area (Å²) in [5.41, 5.74) is 1.43. The summed E-state index contributed by atoms with van der Waals surface area (Å²) in [5.74, 6) is 0.913. The molecule has 1 aliphatic carbocycles. The van der Waals surface area contributed by atoms with Gasteiger partial charge >= 0.3 is 0 Å². The van der Waals surface area contributed by atoms with Crippen LogP contribution in [0.4, 0.5) is 5.69 Å². The number of likely N-dealkylation sites (tertiary alicyclic amines) is 1. The zero-order chi connectivity index (χ0) is 16.0. The number of quaternary nitrogens is 1. The number of para-hydroxylation sites is 1. The van der Waals surface area contributed by atoms with Crippen molar-refractivity contribution in [1.29, 1.82) is 0 Å². The van der Waals surface area contributed by atoms with Crippen molar-refractivity contribution in [2.45, 2.75) is 51.4 Å². The van der Waals surface area contributed by atoms with Gasteiger partial charge in [-0.25, -0.2) is 0 Å². The molecule has 128 valence electrons. The molecule has 0 atom stereocenters. The fourth-order valence-corrected chi connectivity index (χ4v) is 4.51. The van der Waals surface area contributed by atoms with E-state index in [1.54, 1.807) is 0 Å². The highest BCUT2D eigenvalue weighted by Gasteiger charge is 2.26. The molecule has 0 spiro atoms. The lowest BCUT2D eigenvalue weighted by Crippen LogP contribution is -2.52. The molecule has 2 nitrogen and oxygen atoms in total. The summed E-state index contributed by atoms with van der Waals surface area (Å²) < 4.78 is 1.29. The number of hydrogen-bond acceptors (Lipinski definition) is 1. The molecular weight excluding hydrogens is 280 g/mol. The van der Waals surface area contributed by atoms with Crippen LogP contribution in [0.15, 0.2) is 30.3 Å². The Bertz CT molecular complexity index is 444. The molecule has 2 aliphatic rings. The topological polar surface area (TPSA) is 3.24 Å². The number of benzene rings is 1. The number of rotatable bonds is 6. The molecule has 0 radical (unpaired) electrons. The lowest BCUT2D eigenvalue weighted by atomic mass is 9.89. The van der Waals surface area contributed by atoms with Crippen molar-refractivity contribution >= 4 is 5.69 Å². The van der Waals surface area contributed by atoms with Crippen LogP contribution in [0.1, 0.15) is 51.4 Å². The first-order chi connectivity index (χ1) is 11.3.